The van der Waals surface area contributed by atoms with E-state index < -0.39 is 0 Å². The number of nitrogens with zero attached hydrogens (tertiary/aromatic N) is 2. The Labute approximate surface area is 80.0 Å². The van der Waals surface area contributed by atoms with E-state index in [1.165, 1.54) is 5.57 Å². The average Bonchev–Trinajstić information content (AvgIpc) is 2.04. The van der Waals surface area contributed by atoms with Crippen molar-refractivity contribution in [3.63, 3.8) is 0 Å². The van der Waals surface area contributed by atoms with Crippen LogP contribution in [0.1, 0.15) is 13.3 Å². The maximum atomic E-state index is 11.4. The second kappa shape index (κ2) is 4.42. The zero-order valence-corrected chi connectivity index (χ0v) is 8.71. The first kappa shape index (κ1) is 10.3. The van der Waals surface area contributed by atoms with E-state index in [1.54, 1.807) is 19.0 Å². The lowest BCUT2D eigenvalue weighted by Crippen LogP contribution is -2.39. The molecule has 1 aliphatic heterocycles. The molecular weight excluding hydrogens is 164 g/mol. The number of likely N-dealkylation sites (N-methyl/N-ethyl adjacent to an activating group) is 1. The number of carbonyl (C=O) groups excluding carboxylic acids is 1. The van der Waals surface area contributed by atoms with E-state index in [-0.39, 0.29) is 5.91 Å². The van der Waals surface area contributed by atoms with Crippen molar-refractivity contribution in [1.29, 1.82) is 0 Å². The van der Waals surface area contributed by atoms with Crippen LogP contribution in [0, 0.1) is 0 Å². The van der Waals surface area contributed by atoms with Gasteiger partial charge in [0.15, 0.2) is 0 Å². The van der Waals surface area contributed by atoms with Crippen molar-refractivity contribution >= 4 is 5.91 Å². The molecule has 0 aromatic carbocycles. The predicted molar refractivity (Wildman–Crippen MR) is 53.5 cm³/mol. The molecule has 0 saturated carbocycles. The summed E-state index contributed by atoms with van der Waals surface area (Å²) in [5, 5.41) is 0. The van der Waals surface area contributed by atoms with Crippen molar-refractivity contribution < 1.29 is 4.79 Å². The Morgan fingerprint density at radius 2 is 2.31 bits per heavy atom. The highest BCUT2D eigenvalue weighted by Gasteiger charge is 2.14. The molecule has 3 heteroatoms. The molecule has 0 aromatic heterocycles. The van der Waals surface area contributed by atoms with Gasteiger partial charge in [-0.15, -0.1) is 0 Å². The minimum absolute atomic E-state index is 0.190. The predicted octanol–water partition coefficient (Wildman–Crippen LogP) is 0.727. The van der Waals surface area contributed by atoms with Gasteiger partial charge in [0.25, 0.3) is 0 Å². The number of amides is 1. The van der Waals surface area contributed by atoms with Crippen molar-refractivity contribution in [2.24, 2.45) is 0 Å². The van der Waals surface area contributed by atoms with Gasteiger partial charge in [-0.05, 0) is 13.3 Å². The van der Waals surface area contributed by atoms with Crippen LogP contribution >= 0.6 is 0 Å². The van der Waals surface area contributed by atoms with Gasteiger partial charge in [-0.2, -0.15) is 0 Å². The molecule has 74 valence electrons. The number of hydrogen-bond acceptors (Lipinski definition) is 2. The third kappa shape index (κ3) is 3.19. The summed E-state index contributed by atoms with van der Waals surface area (Å²) < 4.78 is 0. The van der Waals surface area contributed by atoms with E-state index >= 15 is 0 Å². The van der Waals surface area contributed by atoms with Gasteiger partial charge in [-0.25, -0.2) is 0 Å². The van der Waals surface area contributed by atoms with E-state index in [0.717, 1.165) is 19.5 Å². The quantitative estimate of drug-likeness (QED) is 0.588. The Morgan fingerprint density at radius 3 is 2.85 bits per heavy atom. The topological polar surface area (TPSA) is 23.6 Å². The van der Waals surface area contributed by atoms with Crippen LogP contribution in [0.3, 0.4) is 0 Å². The van der Waals surface area contributed by atoms with Crippen LogP contribution in [0.5, 0.6) is 0 Å². The summed E-state index contributed by atoms with van der Waals surface area (Å²) in [6, 6.07) is 0. The smallest absolute Gasteiger partial charge is 0.236 e. The molecule has 0 spiro atoms. The Morgan fingerprint density at radius 1 is 1.62 bits per heavy atom. The lowest BCUT2D eigenvalue weighted by molar-refractivity contribution is -0.129. The minimum atomic E-state index is 0.190. The standard InChI is InChI=1S/C10H18N2O/c1-9-5-4-6-12(7-9)8-10(13)11(2)3/h5H,4,6-8H2,1-3H3. The molecule has 0 aromatic rings. The molecule has 0 bridgehead atoms. The molecule has 1 heterocycles. The Kier molecular flexibility index (Phi) is 3.48. The van der Waals surface area contributed by atoms with Crippen LogP contribution in [0.2, 0.25) is 0 Å². The summed E-state index contributed by atoms with van der Waals surface area (Å²) in [5.74, 6) is 0.190. The first-order chi connectivity index (χ1) is 6.09. The van der Waals surface area contributed by atoms with Crippen LogP contribution in [-0.2, 0) is 4.79 Å². The molecule has 13 heavy (non-hydrogen) atoms. The lowest BCUT2D eigenvalue weighted by atomic mass is 10.1. The molecule has 0 N–H and O–H groups in total. The van der Waals surface area contributed by atoms with Gasteiger partial charge in [0.05, 0.1) is 6.54 Å². The lowest BCUT2D eigenvalue weighted by Gasteiger charge is -2.26. The van der Waals surface area contributed by atoms with E-state index in [0.29, 0.717) is 6.54 Å². The number of hydrogen-bond donors (Lipinski definition) is 0. The SMILES string of the molecule is CC1=CCCN(CC(=O)N(C)C)C1. The molecule has 1 aliphatic rings. The third-order valence-electron chi connectivity index (χ3n) is 2.27. The number of carbonyl (C=O) groups is 1. The molecule has 0 atom stereocenters. The van der Waals surface area contributed by atoms with Gasteiger partial charge in [-0.1, -0.05) is 11.6 Å². The van der Waals surface area contributed by atoms with E-state index in [4.69, 9.17) is 0 Å². The first-order valence-corrected chi connectivity index (χ1v) is 4.67. The largest absolute Gasteiger partial charge is 0.348 e. The maximum absolute atomic E-state index is 11.4. The highest BCUT2D eigenvalue weighted by molar-refractivity contribution is 5.77. The van der Waals surface area contributed by atoms with Crippen LogP contribution in [-0.4, -0.2) is 49.4 Å². The van der Waals surface area contributed by atoms with Crippen molar-refractivity contribution in [3.05, 3.63) is 11.6 Å². The summed E-state index contributed by atoms with van der Waals surface area (Å²) >= 11 is 0. The van der Waals surface area contributed by atoms with Crippen molar-refractivity contribution in [3.8, 4) is 0 Å². The van der Waals surface area contributed by atoms with Gasteiger partial charge < -0.3 is 4.90 Å². The second-order valence-electron chi connectivity index (χ2n) is 3.84. The van der Waals surface area contributed by atoms with E-state index in [9.17, 15) is 4.79 Å². The van der Waals surface area contributed by atoms with Crippen LogP contribution in [0.4, 0.5) is 0 Å². The van der Waals surface area contributed by atoms with Gasteiger partial charge in [-0.3, -0.25) is 9.69 Å². The molecule has 0 unspecified atom stereocenters. The first-order valence-electron chi connectivity index (χ1n) is 4.67. The zero-order valence-electron chi connectivity index (χ0n) is 8.71. The molecule has 3 nitrogen and oxygen atoms in total. The average molecular weight is 182 g/mol. The fraction of sp³-hybridized carbons (Fsp3) is 0.700. The monoisotopic (exact) mass is 182 g/mol. The summed E-state index contributed by atoms with van der Waals surface area (Å²) in [6.07, 6.45) is 3.32. The Balaban J connectivity index is 2.38. The molecule has 0 saturated heterocycles. The van der Waals surface area contributed by atoms with Gasteiger partial charge in [0.1, 0.15) is 0 Å². The fourth-order valence-electron chi connectivity index (χ4n) is 1.46. The highest BCUT2D eigenvalue weighted by Crippen LogP contribution is 2.08. The molecular formula is C10H18N2O. The minimum Gasteiger partial charge on any atom is -0.348 e. The molecule has 0 radical (unpaired) electrons. The highest BCUT2D eigenvalue weighted by atomic mass is 16.2. The fourth-order valence-corrected chi connectivity index (χ4v) is 1.46. The van der Waals surface area contributed by atoms with Crippen LogP contribution in [0.25, 0.3) is 0 Å². The summed E-state index contributed by atoms with van der Waals surface area (Å²) in [6.45, 7) is 4.63. The summed E-state index contributed by atoms with van der Waals surface area (Å²) in [5.41, 5.74) is 1.37. The van der Waals surface area contributed by atoms with E-state index in [1.807, 2.05) is 0 Å². The second-order valence-corrected chi connectivity index (χ2v) is 3.84. The van der Waals surface area contributed by atoms with Crippen molar-refractivity contribution in [1.82, 2.24) is 9.80 Å². The van der Waals surface area contributed by atoms with Crippen molar-refractivity contribution in [2.45, 2.75) is 13.3 Å². The van der Waals surface area contributed by atoms with Gasteiger partial charge >= 0.3 is 0 Å². The van der Waals surface area contributed by atoms with Gasteiger partial charge in [0, 0.05) is 27.2 Å². The molecule has 0 aliphatic carbocycles. The molecule has 1 amide bonds. The van der Waals surface area contributed by atoms with Crippen LogP contribution < -0.4 is 0 Å². The Hall–Kier alpha value is -0.830. The molecule has 1 rings (SSSR count). The summed E-state index contributed by atoms with van der Waals surface area (Å²) in [4.78, 5) is 15.2. The normalized spacial score (nSPS) is 18.2. The third-order valence-corrected chi connectivity index (χ3v) is 2.27. The van der Waals surface area contributed by atoms with Crippen molar-refractivity contribution in [2.75, 3.05) is 33.7 Å². The number of rotatable bonds is 2. The maximum Gasteiger partial charge on any atom is 0.236 e. The summed E-state index contributed by atoms with van der Waals surface area (Å²) in [7, 11) is 3.60. The zero-order chi connectivity index (χ0) is 9.84. The van der Waals surface area contributed by atoms with Gasteiger partial charge in [0.2, 0.25) is 5.91 Å². The van der Waals surface area contributed by atoms with E-state index in [2.05, 4.69) is 17.9 Å². The van der Waals surface area contributed by atoms with Crippen LogP contribution in [0.15, 0.2) is 11.6 Å². The molecule has 0 fully saturated rings. The Bertz CT molecular complexity index is 221.